The zero-order valence-electron chi connectivity index (χ0n) is 22.4. The molecule has 1 fully saturated rings. The Balaban J connectivity index is 2.28. The molecule has 0 aromatic heterocycles. The SMILES string of the molecule is COC[C@H]1OC(N(C(=O)COCc2ccccc2)C(=O)OCC[Si](C)(C)C)[C@H](OC)[C@@H](OC)[C@@H]1OC. The van der Waals surface area contributed by atoms with Crippen molar-refractivity contribution < 1.29 is 42.7 Å². The minimum absolute atomic E-state index is 0.155. The highest BCUT2D eigenvalue weighted by Crippen LogP contribution is 2.30. The van der Waals surface area contributed by atoms with Crippen LogP contribution in [-0.4, -0.2) is 104 Å². The first-order valence-corrected chi connectivity index (χ1v) is 15.7. The zero-order chi connectivity index (χ0) is 26.7. The molecule has 2 amide bonds. The first-order chi connectivity index (χ1) is 17.2. The fourth-order valence-electron chi connectivity index (χ4n) is 3.97. The van der Waals surface area contributed by atoms with E-state index >= 15 is 0 Å². The van der Waals surface area contributed by atoms with Gasteiger partial charge in [0.1, 0.15) is 31.0 Å². The lowest BCUT2D eigenvalue weighted by Crippen LogP contribution is -2.66. The molecule has 1 aliphatic heterocycles. The minimum Gasteiger partial charge on any atom is -0.449 e. The Labute approximate surface area is 215 Å². The summed E-state index contributed by atoms with van der Waals surface area (Å²) in [5.41, 5.74) is 0.904. The lowest BCUT2D eigenvalue weighted by Gasteiger charge is -2.47. The second-order valence-electron chi connectivity index (χ2n) is 9.79. The molecule has 1 aromatic rings. The standard InChI is InChI=1S/C25H41NO9Si/c1-29-16-19-21(30-2)22(31-3)23(32-4)24(35-19)26(25(28)34-13-14-36(5,6)7)20(27)17-33-15-18-11-9-8-10-12-18/h8-12,19,21-24H,13-17H2,1-7H3/t19-,21-,22+,23-,24?/m1/s1. The van der Waals surface area contributed by atoms with E-state index < -0.39 is 50.7 Å². The molecule has 1 aromatic carbocycles. The average Bonchev–Trinajstić information content (AvgIpc) is 2.83. The van der Waals surface area contributed by atoms with Crippen LogP contribution in [0.15, 0.2) is 30.3 Å². The van der Waals surface area contributed by atoms with Gasteiger partial charge in [0, 0.05) is 36.5 Å². The van der Waals surface area contributed by atoms with Crippen LogP contribution in [0.4, 0.5) is 4.79 Å². The van der Waals surface area contributed by atoms with Gasteiger partial charge in [-0.15, -0.1) is 0 Å². The van der Waals surface area contributed by atoms with Crippen LogP contribution in [0.2, 0.25) is 25.7 Å². The smallest absolute Gasteiger partial charge is 0.418 e. The van der Waals surface area contributed by atoms with Crippen LogP contribution in [0.5, 0.6) is 0 Å². The average molecular weight is 528 g/mol. The number of hydrogen-bond acceptors (Lipinski definition) is 9. The molecule has 204 valence electrons. The third kappa shape index (κ3) is 8.62. The van der Waals surface area contributed by atoms with Gasteiger partial charge in [-0.3, -0.25) is 4.79 Å². The van der Waals surface area contributed by atoms with Gasteiger partial charge in [0.05, 0.1) is 19.8 Å². The molecule has 11 heteroatoms. The van der Waals surface area contributed by atoms with Gasteiger partial charge < -0.3 is 33.2 Å². The number of imide groups is 1. The van der Waals surface area contributed by atoms with Crippen LogP contribution in [0.25, 0.3) is 0 Å². The summed E-state index contributed by atoms with van der Waals surface area (Å²) >= 11 is 0. The molecule has 10 nitrogen and oxygen atoms in total. The minimum atomic E-state index is -1.47. The Morgan fingerprint density at radius 2 is 1.58 bits per heavy atom. The largest absolute Gasteiger partial charge is 0.449 e. The fourth-order valence-corrected chi connectivity index (χ4v) is 4.68. The van der Waals surface area contributed by atoms with Crippen LogP contribution < -0.4 is 0 Å². The molecule has 1 saturated heterocycles. The summed E-state index contributed by atoms with van der Waals surface area (Å²) in [5, 5.41) is 0. The Morgan fingerprint density at radius 3 is 2.14 bits per heavy atom. The van der Waals surface area contributed by atoms with E-state index in [1.165, 1.54) is 28.4 Å². The summed E-state index contributed by atoms with van der Waals surface area (Å²) in [4.78, 5) is 27.6. The number of hydrogen-bond donors (Lipinski definition) is 0. The summed E-state index contributed by atoms with van der Waals surface area (Å²) in [6.07, 6.45) is -4.62. The maximum atomic E-state index is 13.4. The predicted octanol–water partition coefficient (Wildman–Crippen LogP) is 2.92. The van der Waals surface area contributed by atoms with Gasteiger partial charge in [-0.05, 0) is 11.6 Å². The van der Waals surface area contributed by atoms with Gasteiger partial charge in [-0.25, -0.2) is 9.69 Å². The van der Waals surface area contributed by atoms with Crippen LogP contribution in [0.1, 0.15) is 5.56 Å². The van der Waals surface area contributed by atoms with Crippen molar-refractivity contribution in [2.24, 2.45) is 0 Å². The molecule has 0 aliphatic carbocycles. The van der Waals surface area contributed by atoms with Crippen molar-refractivity contribution in [3.63, 3.8) is 0 Å². The molecule has 0 radical (unpaired) electrons. The van der Waals surface area contributed by atoms with E-state index in [1.807, 2.05) is 30.3 Å². The molecule has 1 heterocycles. The predicted molar refractivity (Wildman–Crippen MR) is 135 cm³/mol. The molecule has 0 spiro atoms. The molecular formula is C25H41NO9Si. The molecule has 0 saturated carbocycles. The topological polar surface area (TPSA) is 102 Å². The number of nitrogens with zero attached hydrogens (tertiary/aromatic N) is 1. The zero-order valence-corrected chi connectivity index (χ0v) is 23.4. The number of ether oxygens (including phenoxy) is 7. The maximum Gasteiger partial charge on any atom is 0.418 e. The summed E-state index contributed by atoms with van der Waals surface area (Å²) in [5.74, 6) is -0.613. The van der Waals surface area contributed by atoms with Gasteiger partial charge in [0.25, 0.3) is 5.91 Å². The lowest BCUT2D eigenvalue weighted by molar-refractivity contribution is -0.273. The highest BCUT2D eigenvalue weighted by Gasteiger charge is 2.52. The Kier molecular flexibility index (Phi) is 12.5. The molecule has 2 rings (SSSR count). The molecule has 0 bridgehead atoms. The van der Waals surface area contributed by atoms with E-state index in [0.717, 1.165) is 16.5 Å². The van der Waals surface area contributed by atoms with Crippen molar-refractivity contribution in [1.29, 1.82) is 0 Å². The highest BCUT2D eigenvalue weighted by atomic mass is 28.3. The number of rotatable bonds is 13. The number of amides is 2. The number of benzene rings is 1. The van der Waals surface area contributed by atoms with E-state index in [0.29, 0.717) is 0 Å². The quantitative estimate of drug-likeness (QED) is 0.358. The highest BCUT2D eigenvalue weighted by molar-refractivity contribution is 6.76. The second kappa shape index (κ2) is 14.8. The number of carbonyl (C=O) groups is 2. The first-order valence-electron chi connectivity index (χ1n) is 12.0. The third-order valence-corrected chi connectivity index (χ3v) is 7.60. The van der Waals surface area contributed by atoms with Crippen molar-refractivity contribution in [1.82, 2.24) is 4.90 Å². The molecule has 1 aliphatic rings. The molecule has 1 unspecified atom stereocenters. The van der Waals surface area contributed by atoms with Crippen molar-refractivity contribution in [3.8, 4) is 0 Å². The number of carbonyl (C=O) groups excluding carboxylic acids is 2. The molecular weight excluding hydrogens is 486 g/mol. The second-order valence-corrected chi connectivity index (χ2v) is 15.4. The van der Waals surface area contributed by atoms with Crippen LogP contribution in [-0.2, 0) is 44.6 Å². The van der Waals surface area contributed by atoms with Crippen LogP contribution in [0.3, 0.4) is 0 Å². The third-order valence-electron chi connectivity index (χ3n) is 5.89. The summed E-state index contributed by atoms with van der Waals surface area (Å²) in [7, 11) is 4.56. The first kappa shape index (κ1) is 30.4. The Hall–Kier alpha value is -1.86. The van der Waals surface area contributed by atoms with E-state index in [9.17, 15) is 9.59 Å². The van der Waals surface area contributed by atoms with Gasteiger partial charge in [0.15, 0.2) is 6.23 Å². The van der Waals surface area contributed by atoms with Crippen LogP contribution in [0, 0.1) is 0 Å². The monoisotopic (exact) mass is 527 g/mol. The Morgan fingerprint density at radius 1 is 0.944 bits per heavy atom. The summed E-state index contributed by atoms with van der Waals surface area (Å²) < 4.78 is 39.6. The Bertz CT molecular complexity index is 804. The molecule has 36 heavy (non-hydrogen) atoms. The van der Waals surface area contributed by atoms with Crippen molar-refractivity contribution in [2.75, 3.05) is 48.3 Å². The van der Waals surface area contributed by atoms with E-state index in [4.69, 9.17) is 33.2 Å². The normalized spacial score (nSPS) is 24.4. The summed E-state index contributed by atoms with van der Waals surface area (Å²) in [6, 6.07) is 10.2. The number of methoxy groups -OCH3 is 4. The van der Waals surface area contributed by atoms with Gasteiger partial charge in [-0.1, -0.05) is 50.0 Å². The molecule has 5 atom stereocenters. The van der Waals surface area contributed by atoms with Crippen molar-refractivity contribution >= 4 is 20.1 Å². The van der Waals surface area contributed by atoms with Crippen LogP contribution >= 0.6 is 0 Å². The van der Waals surface area contributed by atoms with Gasteiger partial charge in [0.2, 0.25) is 0 Å². The van der Waals surface area contributed by atoms with E-state index in [2.05, 4.69) is 19.6 Å². The fraction of sp³-hybridized carbons (Fsp3) is 0.680. The van der Waals surface area contributed by atoms with Gasteiger partial charge in [-0.2, -0.15) is 0 Å². The summed E-state index contributed by atoms with van der Waals surface area (Å²) in [6.45, 7) is 6.74. The van der Waals surface area contributed by atoms with E-state index in [1.54, 1.807) is 0 Å². The van der Waals surface area contributed by atoms with Crippen molar-refractivity contribution in [2.45, 2.75) is 62.9 Å². The van der Waals surface area contributed by atoms with E-state index in [-0.39, 0.29) is 26.4 Å². The lowest BCUT2D eigenvalue weighted by atomic mass is 9.97. The maximum absolute atomic E-state index is 13.4. The van der Waals surface area contributed by atoms with Crippen molar-refractivity contribution in [3.05, 3.63) is 35.9 Å². The van der Waals surface area contributed by atoms with Gasteiger partial charge >= 0.3 is 6.09 Å². The molecule has 0 N–H and O–H groups in total.